The number of ketones is 1. The van der Waals surface area contributed by atoms with E-state index in [1.165, 1.54) is 16.7 Å². The second-order valence-corrected chi connectivity index (χ2v) is 13.9. The SMILES string of the molecule is CCCCc1nc2c(N)nc3ccccc3c2n1CCCCN1C(=O)CC(SCC2NC3/C4=C/C=C\C=C/C=C(C=C4)/C3C2=O)C1=O. The Morgan fingerprint density at radius 2 is 1.72 bits per heavy atom. The number of Topliss-reactive ketones (excluding diaryl/α,β-unsaturated/α-hetero) is 1. The maximum Gasteiger partial charge on any atom is 0.242 e. The van der Waals surface area contributed by atoms with E-state index in [-0.39, 0.29) is 42.0 Å². The van der Waals surface area contributed by atoms with E-state index in [1.54, 1.807) is 0 Å². The van der Waals surface area contributed by atoms with Gasteiger partial charge in [-0.25, -0.2) is 9.97 Å². The summed E-state index contributed by atoms with van der Waals surface area (Å²) in [5, 5.41) is 4.09. The van der Waals surface area contributed by atoms with E-state index < -0.39 is 5.25 Å². The van der Waals surface area contributed by atoms with Gasteiger partial charge in [0.15, 0.2) is 11.6 Å². The lowest BCUT2D eigenvalue weighted by Crippen LogP contribution is -2.36. The topological polar surface area (TPSA) is 123 Å². The van der Waals surface area contributed by atoms with Gasteiger partial charge in [-0.3, -0.25) is 24.6 Å². The fraction of sp³-hybridized carbons (Fsp3) is 0.378. The van der Waals surface area contributed by atoms with Crippen LogP contribution in [0.3, 0.4) is 0 Å². The predicted molar refractivity (Wildman–Crippen MR) is 188 cm³/mol. The summed E-state index contributed by atoms with van der Waals surface area (Å²) in [6.07, 6.45) is 20.6. The molecular formula is C37H40N6O3S. The number of hydrogen-bond donors (Lipinski definition) is 2. The van der Waals surface area contributed by atoms with E-state index in [9.17, 15) is 14.4 Å². The number of likely N-dealkylation sites (tertiary alicyclic amines) is 1. The van der Waals surface area contributed by atoms with Crippen LogP contribution in [0.4, 0.5) is 5.82 Å². The summed E-state index contributed by atoms with van der Waals surface area (Å²) in [7, 11) is 0. The first-order valence-electron chi connectivity index (χ1n) is 16.7. The van der Waals surface area contributed by atoms with Crippen LogP contribution in [0.15, 0.2) is 84.0 Å². The number of nitrogens with one attached hydrogen (secondary N) is 1. The normalized spacial score (nSPS) is 27.3. The molecule has 1 aromatic carbocycles. The van der Waals surface area contributed by atoms with Crippen molar-refractivity contribution in [3.8, 4) is 0 Å². The van der Waals surface area contributed by atoms with Crippen LogP contribution in [0.25, 0.3) is 21.9 Å². The molecule has 9 nitrogen and oxygen atoms in total. The highest BCUT2D eigenvalue weighted by Gasteiger charge is 2.46. The number of aryl methyl sites for hydroxylation is 2. The number of pyridine rings is 1. The third-order valence-corrected chi connectivity index (χ3v) is 10.9. The van der Waals surface area contributed by atoms with Crippen molar-refractivity contribution in [3.05, 3.63) is 89.8 Å². The summed E-state index contributed by atoms with van der Waals surface area (Å²) in [6, 6.07) is 7.53. The van der Waals surface area contributed by atoms with Crippen LogP contribution >= 0.6 is 11.8 Å². The van der Waals surface area contributed by atoms with Crippen molar-refractivity contribution in [1.29, 1.82) is 0 Å². The summed E-state index contributed by atoms with van der Waals surface area (Å²) in [6.45, 7) is 3.26. The zero-order chi connectivity index (χ0) is 32.5. The summed E-state index contributed by atoms with van der Waals surface area (Å²) < 4.78 is 2.26. The van der Waals surface area contributed by atoms with Crippen molar-refractivity contribution >= 4 is 57.1 Å². The number of unbranched alkanes of at least 4 members (excludes halogenated alkanes) is 2. The monoisotopic (exact) mass is 648 g/mol. The van der Waals surface area contributed by atoms with Gasteiger partial charge in [-0.05, 0) is 36.5 Å². The quantitative estimate of drug-likeness (QED) is 0.214. The van der Waals surface area contributed by atoms with Crippen molar-refractivity contribution in [3.63, 3.8) is 0 Å². The molecule has 4 aliphatic rings. The summed E-state index contributed by atoms with van der Waals surface area (Å²) in [5.41, 5.74) is 11.0. The molecule has 2 amide bonds. The molecule has 2 fully saturated rings. The number of thioether (sulfide) groups is 1. The number of carbonyl (C=O) groups is 3. The van der Waals surface area contributed by atoms with Crippen molar-refractivity contribution in [2.24, 2.45) is 5.92 Å². The average Bonchev–Trinajstić information content (AvgIpc) is 3.71. The second-order valence-electron chi connectivity index (χ2n) is 12.6. The largest absolute Gasteiger partial charge is 0.382 e. The molecule has 7 rings (SSSR count). The number of carbonyl (C=O) groups excluding carboxylic acids is 3. The Morgan fingerprint density at radius 1 is 0.957 bits per heavy atom. The van der Waals surface area contributed by atoms with Crippen LogP contribution in [0.2, 0.25) is 0 Å². The smallest absolute Gasteiger partial charge is 0.242 e. The first-order chi connectivity index (χ1) is 22.9. The predicted octanol–water partition coefficient (Wildman–Crippen LogP) is 5.22. The standard InChI is InChI=1S/C37H40N6O3S/c1-2-3-16-29-41-33-34(25-14-8-9-15-26(25)40-36(33)38)42(29)19-10-11-20-43-30(44)21-28(37(43)46)47-22-27-35(45)31-23-12-6-4-5-7-13-24(18-17-23)32(31)39-27/h4-9,12-15,17-18,27-28,31-32,39H,2-3,10-11,16,19-22H2,1H3,(H2,38,40)/b5-4?,6-4-,7-5-,12-6?,13-7?,23-12+,24-13+. The minimum absolute atomic E-state index is 0.0845. The lowest BCUT2D eigenvalue weighted by molar-refractivity contribution is -0.138. The maximum absolute atomic E-state index is 13.5. The number of rotatable bonds is 11. The summed E-state index contributed by atoms with van der Waals surface area (Å²) >= 11 is 1.43. The van der Waals surface area contributed by atoms with Crippen LogP contribution in [0.5, 0.6) is 0 Å². The lowest BCUT2D eigenvalue weighted by atomic mass is 9.80. The highest BCUT2D eigenvalue weighted by atomic mass is 32.2. The van der Waals surface area contributed by atoms with Gasteiger partial charge >= 0.3 is 0 Å². The molecule has 0 spiro atoms. The number of nitrogens with zero attached hydrogens (tertiary/aromatic N) is 4. The summed E-state index contributed by atoms with van der Waals surface area (Å²) in [5.74, 6) is 1.50. The molecule has 2 aliphatic heterocycles. The fourth-order valence-electron chi connectivity index (χ4n) is 7.17. The van der Waals surface area contributed by atoms with Crippen LogP contribution in [-0.2, 0) is 27.3 Å². The Balaban J connectivity index is 0.978. The lowest BCUT2D eigenvalue weighted by Gasteiger charge is -2.25. The maximum atomic E-state index is 13.5. The van der Waals surface area contributed by atoms with E-state index >= 15 is 0 Å². The van der Waals surface area contributed by atoms with Gasteiger partial charge in [0.05, 0.1) is 28.2 Å². The molecule has 2 aliphatic carbocycles. The van der Waals surface area contributed by atoms with Crippen molar-refractivity contribution in [1.82, 2.24) is 24.8 Å². The van der Waals surface area contributed by atoms with Crippen LogP contribution < -0.4 is 11.1 Å². The van der Waals surface area contributed by atoms with E-state index in [1.807, 2.05) is 60.7 Å². The molecule has 4 heterocycles. The van der Waals surface area contributed by atoms with Crippen molar-refractivity contribution < 1.29 is 14.4 Å². The Hall–Kier alpha value is -4.28. The molecule has 242 valence electrons. The van der Waals surface area contributed by atoms with E-state index in [4.69, 9.17) is 10.7 Å². The molecule has 2 aromatic heterocycles. The molecule has 2 saturated heterocycles. The number of benzene rings is 1. The number of fused-ring (bicyclic) bond motifs is 3. The first kappa shape index (κ1) is 31.3. The van der Waals surface area contributed by atoms with E-state index in [0.29, 0.717) is 31.1 Å². The average molecular weight is 649 g/mol. The molecule has 3 aromatic rings. The van der Waals surface area contributed by atoms with Gasteiger partial charge in [-0.2, -0.15) is 0 Å². The highest BCUT2D eigenvalue weighted by Crippen LogP contribution is 2.37. The molecule has 0 saturated carbocycles. The minimum Gasteiger partial charge on any atom is -0.382 e. The number of imide groups is 1. The Morgan fingerprint density at radius 3 is 2.55 bits per heavy atom. The number of imidazole rings is 1. The van der Waals surface area contributed by atoms with Gasteiger partial charge in [0.25, 0.3) is 0 Å². The number of nitrogens with two attached hydrogens (primary N) is 1. The van der Waals surface area contributed by atoms with Gasteiger partial charge in [-0.15, -0.1) is 11.8 Å². The molecule has 3 N–H and O–H groups in total. The molecule has 4 unspecified atom stereocenters. The first-order valence-corrected chi connectivity index (χ1v) is 17.7. The number of nitrogen functional groups attached to an aromatic ring is 1. The third-order valence-electron chi connectivity index (χ3n) is 9.58. The Kier molecular flexibility index (Phi) is 8.96. The molecule has 0 radical (unpaired) electrons. The van der Waals surface area contributed by atoms with Gasteiger partial charge in [0.1, 0.15) is 11.3 Å². The summed E-state index contributed by atoms with van der Waals surface area (Å²) in [4.78, 5) is 50.8. The van der Waals surface area contributed by atoms with Crippen molar-refractivity contribution in [2.75, 3.05) is 18.0 Å². The Bertz CT molecular complexity index is 1900. The van der Waals surface area contributed by atoms with Gasteiger partial charge in [-0.1, -0.05) is 80.2 Å². The zero-order valence-corrected chi connectivity index (χ0v) is 27.4. The van der Waals surface area contributed by atoms with Gasteiger partial charge in [0, 0.05) is 43.1 Å². The molecule has 10 heteroatoms. The number of anilines is 1. The molecular weight excluding hydrogens is 609 g/mol. The Labute approximate surface area is 278 Å². The number of aromatic nitrogens is 3. The zero-order valence-electron chi connectivity index (χ0n) is 26.6. The number of amides is 2. The second kappa shape index (κ2) is 13.4. The van der Waals surface area contributed by atoms with Crippen LogP contribution in [0, 0.1) is 5.92 Å². The van der Waals surface area contributed by atoms with Crippen LogP contribution in [0.1, 0.15) is 44.9 Å². The fourth-order valence-corrected chi connectivity index (χ4v) is 8.39. The van der Waals surface area contributed by atoms with E-state index in [0.717, 1.165) is 64.6 Å². The van der Waals surface area contributed by atoms with Crippen LogP contribution in [-0.4, -0.2) is 66.7 Å². The van der Waals surface area contributed by atoms with Gasteiger partial charge in [0.2, 0.25) is 11.8 Å². The third kappa shape index (κ3) is 6.00. The van der Waals surface area contributed by atoms with Crippen molar-refractivity contribution in [2.45, 2.75) is 69.3 Å². The minimum atomic E-state index is -0.462. The molecule has 47 heavy (non-hydrogen) atoms. The highest BCUT2D eigenvalue weighted by molar-refractivity contribution is 8.00. The number of para-hydroxylation sites is 1. The molecule has 4 atom stereocenters. The number of allylic oxidation sites excluding steroid dienone is 7. The van der Waals surface area contributed by atoms with E-state index in [2.05, 4.69) is 33.9 Å². The number of hydrogen-bond acceptors (Lipinski definition) is 8. The molecule has 2 bridgehead atoms. The van der Waals surface area contributed by atoms with Gasteiger partial charge < -0.3 is 10.3 Å².